The van der Waals surface area contributed by atoms with E-state index in [9.17, 15) is 13.2 Å². The van der Waals surface area contributed by atoms with Crippen molar-refractivity contribution in [2.45, 2.75) is 11.3 Å². The van der Waals surface area contributed by atoms with Gasteiger partial charge in [0.2, 0.25) is 10.0 Å². The normalized spacial score (nSPS) is 21.0. The molecule has 1 aliphatic rings. The van der Waals surface area contributed by atoms with Gasteiger partial charge in [-0.3, -0.25) is 9.10 Å². The van der Waals surface area contributed by atoms with E-state index >= 15 is 0 Å². The Kier molecular flexibility index (Phi) is 4.09. The van der Waals surface area contributed by atoms with Gasteiger partial charge in [-0.2, -0.15) is 0 Å². The van der Waals surface area contributed by atoms with Crippen LogP contribution in [0.1, 0.15) is 22.0 Å². The van der Waals surface area contributed by atoms with Gasteiger partial charge in [0.25, 0.3) is 0 Å². The van der Waals surface area contributed by atoms with Crippen LogP contribution in [-0.4, -0.2) is 19.5 Å². The highest BCUT2D eigenvalue weighted by atomic mass is 32.2. The summed E-state index contributed by atoms with van der Waals surface area (Å²) in [5, 5.41) is -1.12. The second kappa shape index (κ2) is 6.42. The number of carbonyl (C=O) groups is 1. The Labute approximate surface area is 152 Å². The molecule has 0 bridgehead atoms. The van der Waals surface area contributed by atoms with Crippen LogP contribution in [-0.2, 0) is 10.0 Å². The van der Waals surface area contributed by atoms with E-state index in [4.69, 9.17) is 0 Å². The molecule has 5 heteroatoms. The summed E-state index contributed by atoms with van der Waals surface area (Å²) < 4.78 is 27.5. The first-order chi connectivity index (χ1) is 12.6. The lowest BCUT2D eigenvalue weighted by Gasteiger charge is -2.47. The molecule has 3 aromatic rings. The third kappa shape index (κ3) is 2.61. The molecule has 3 aromatic carbocycles. The smallest absolute Gasteiger partial charge is 0.248 e. The Morgan fingerprint density at radius 1 is 0.731 bits per heavy atom. The van der Waals surface area contributed by atoms with Crippen LogP contribution in [0.3, 0.4) is 0 Å². The molecule has 1 heterocycles. The summed E-state index contributed by atoms with van der Waals surface area (Å²) in [7, 11) is -3.78. The van der Waals surface area contributed by atoms with Gasteiger partial charge in [-0.25, -0.2) is 8.42 Å². The fraction of sp³-hybridized carbons (Fsp3) is 0.0952. The van der Waals surface area contributed by atoms with E-state index in [0.717, 1.165) is 5.56 Å². The number of sulfonamides is 1. The highest BCUT2D eigenvalue weighted by Gasteiger charge is 2.58. The number of para-hydroxylation sites is 1. The molecule has 1 aliphatic heterocycles. The zero-order chi connectivity index (χ0) is 18.1. The number of nitrogens with zero attached hydrogens (tertiary/aromatic N) is 1. The van der Waals surface area contributed by atoms with E-state index in [1.165, 1.54) is 4.31 Å². The zero-order valence-corrected chi connectivity index (χ0v) is 14.7. The van der Waals surface area contributed by atoms with Gasteiger partial charge >= 0.3 is 0 Å². The number of ketones is 1. The van der Waals surface area contributed by atoms with Crippen molar-refractivity contribution in [2.24, 2.45) is 0 Å². The Balaban J connectivity index is 1.82. The molecule has 4 rings (SSSR count). The maximum atomic E-state index is 13.1. The summed E-state index contributed by atoms with van der Waals surface area (Å²) in [6, 6.07) is 26.3. The number of rotatable bonds is 4. The summed E-state index contributed by atoms with van der Waals surface area (Å²) in [5.74, 6) is -0.369. The summed E-state index contributed by atoms with van der Waals surface area (Å²) in [6.07, 6.45) is 0. The van der Waals surface area contributed by atoms with Crippen LogP contribution in [0.25, 0.3) is 0 Å². The van der Waals surface area contributed by atoms with Crippen molar-refractivity contribution in [2.75, 3.05) is 4.31 Å². The molecule has 1 fully saturated rings. The van der Waals surface area contributed by atoms with Crippen LogP contribution < -0.4 is 4.31 Å². The van der Waals surface area contributed by atoms with Crippen LogP contribution in [0.5, 0.6) is 0 Å². The van der Waals surface area contributed by atoms with E-state index in [2.05, 4.69) is 0 Å². The number of benzene rings is 3. The standard InChI is InChI=1S/C21H17NO3S/c23-20(17-12-6-2-7-13-17)21-19(16-10-4-1-5-11-16)22(26(21,24)25)18-14-8-3-9-15-18/h1-15,19,21H/t19-,21-/m0/s1. The van der Waals surface area contributed by atoms with Gasteiger partial charge in [-0.05, 0) is 17.7 Å². The van der Waals surface area contributed by atoms with Gasteiger partial charge in [0.15, 0.2) is 11.0 Å². The fourth-order valence-corrected chi connectivity index (χ4v) is 5.43. The second-order valence-corrected chi connectivity index (χ2v) is 8.11. The molecule has 0 N–H and O–H groups in total. The average Bonchev–Trinajstić information content (AvgIpc) is 2.68. The van der Waals surface area contributed by atoms with Gasteiger partial charge in [0.05, 0.1) is 11.7 Å². The molecule has 0 unspecified atom stereocenters. The van der Waals surface area contributed by atoms with Crippen molar-refractivity contribution < 1.29 is 13.2 Å². The maximum absolute atomic E-state index is 13.1. The van der Waals surface area contributed by atoms with Gasteiger partial charge in [-0.1, -0.05) is 78.9 Å². The number of Topliss-reactive ketones (excluding diaryl/α,β-unsaturated/α-hetero) is 1. The van der Waals surface area contributed by atoms with Crippen molar-refractivity contribution in [3.63, 3.8) is 0 Å². The first-order valence-electron chi connectivity index (χ1n) is 8.33. The third-order valence-electron chi connectivity index (χ3n) is 4.60. The molecule has 4 nitrogen and oxygen atoms in total. The van der Waals surface area contributed by atoms with Crippen LogP contribution >= 0.6 is 0 Å². The van der Waals surface area contributed by atoms with Crippen molar-refractivity contribution in [3.05, 3.63) is 102 Å². The summed E-state index contributed by atoms with van der Waals surface area (Å²) in [4.78, 5) is 13.0. The predicted molar refractivity (Wildman–Crippen MR) is 102 cm³/mol. The highest BCUT2D eigenvalue weighted by Crippen LogP contribution is 2.46. The predicted octanol–water partition coefficient (Wildman–Crippen LogP) is 3.83. The minimum Gasteiger partial charge on any atom is -0.293 e. The number of hydrogen-bond acceptors (Lipinski definition) is 3. The minimum absolute atomic E-state index is 0.369. The Bertz CT molecular complexity index is 1020. The average molecular weight is 363 g/mol. The highest BCUT2D eigenvalue weighted by molar-refractivity contribution is 7.95. The van der Waals surface area contributed by atoms with E-state index in [-0.39, 0.29) is 5.78 Å². The topological polar surface area (TPSA) is 54.5 Å². The van der Waals surface area contributed by atoms with Gasteiger partial charge in [0, 0.05) is 5.56 Å². The Morgan fingerprint density at radius 2 is 1.23 bits per heavy atom. The van der Waals surface area contributed by atoms with E-state index < -0.39 is 21.3 Å². The molecule has 0 saturated carbocycles. The van der Waals surface area contributed by atoms with Gasteiger partial charge in [-0.15, -0.1) is 0 Å². The van der Waals surface area contributed by atoms with E-state index in [1.807, 2.05) is 36.4 Å². The van der Waals surface area contributed by atoms with Crippen molar-refractivity contribution in [1.29, 1.82) is 0 Å². The summed E-state index contributed by atoms with van der Waals surface area (Å²) >= 11 is 0. The second-order valence-electron chi connectivity index (χ2n) is 6.18. The monoisotopic (exact) mass is 363 g/mol. The van der Waals surface area contributed by atoms with Crippen LogP contribution in [0.4, 0.5) is 5.69 Å². The van der Waals surface area contributed by atoms with Gasteiger partial charge in [0.1, 0.15) is 0 Å². The summed E-state index contributed by atoms with van der Waals surface area (Å²) in [6.45, 7) is 0. The molecule has 0 radical (unpaired) electrons. The van der Waals surface area contributed by atoms with E-state index in [0.29, 0.717) is 11.3 Å². The Hall–Kier alpha value is -2.92. The van der Waals surface area contributed by atoms with Crippen LogP contribution in [0.15, 0.2) is 91.0 Å². The van der Waals surface area contributed by atoms with Crippen LogP contribution in [0.2, 0.25) is 0 Å². The molecule has 0 aromatic heterocycles. The number of carbonyl (C=O) groups excluding carboxylic acids is 1. The number of anilines is 1. The molecule has 0 aliphatic carbocycles. The summed E-state index contributed by atoms with van der Waals surface area (Å²) in [5.41, 5.74) is 1.79. The van der Waals surface area contributed by atoms with Gasteiger partial charge < -0.3 is 0 Å². The maximum Gasteiger partial charge on any atom is 0.248 e. The number of hydrogen-bond donors (Lipinski definition) is 0. The van der Waals surface area contributed by atoms with Crippen molar-refractivity contribution in [1.82, 2.24) is 0 Å². The van der Waals surface area contributed by atoms with Crippen molar-refractivity contribution >= 4 is 21.5 Å². The SMILES string of the molecule is O=C(c1ccccc1)[C@@H]1[C@H](c2ccccc2)N(c2ccccc2)S1(=O)=O. The molecule has 26 heavy (non-hydrogen) atoms. The molecule has 0 amide bonds. The molecular formula is C21H17NO3S. The lowest BCUT2D eigenvalue weighted by atomic mass is 9.96. The third-order valence-corrected chi connectivity index (χ3v) is 6.70. The van der Waals surface area contributed by atoms with Crippen LogP contribution in [0, 0.1) is 0 Å². The minimum atomic E-state index is -3.78. The Morgan fingerprint density at radius 3 is 1.81 bits per heavy atom. The zero-order valence-electron chi connectivity index (χ0n) is 13.9. The van der Waals surface area contributed by atoms with Crippen molar-refractivity contribution in [3.8, 4) is 0 Å². The van der Waals surface area contributed by atoms with E-state index in [1.54, 1.807) is 54.6 Å². The molecule has 130 valence electrons. The fourth-order valence-electron chi connectivity index (χ4n) is 3.39. The molecule has 2 atom stereocenters. The quantitative estimate of drug-likeness (QED) is 0.662. The molecular weight excluding hydrogens is 346 g/mol. The first-order valence-corrected chi connectivity index (χ1v) is 9.83. The molecule has 1 saturated heterocycles. The largest absolute Gasteiger partial charge is 0.293 e. The lowest BCUT2D eigenvalue weighted by Crippen LogP contribution is -2.61. The lowest BCUT2D eigenvalue weighted by molar-refractivity contribution is 0.0971. The first kappa shape index (κ1) is 16.5. The molecule has 0 spiro atoms.